The maximum Gasteiger partial charge on any atom is 0.339 e. The third-order valence-corrected chi connectivity index (χ3v) is 5.64. The van der Waals surface area contributed by atoms with Crippen molar-refractivity contribution in [2.75, 3.05) is 19.0 Å². The number of rotatable bonds is 7. The summed E-state index contributed by atoms with van der Waals surface area (Å²) in [6.45, 7) is 3.81. The van der Waals surface area contributed by atoms with Crippen molar-refractivity contribution in [3.05, 3.63) is 88.7 Å². The Labute approximate surface area is 208 Å². The van der Waals surface area contributed by atoms with Crippen molar-refractivity contribution >= 4 is 40.2 Å². The molecule has 0 fully saturated rings. The zero-order valence-corrected chi connectivity index (χ0v) is 20.1. The number of benzene rings is 3. The molecule has 3 aromatic carbocycles. The molecule has 180 valence electrons. The summed E-state index contributed by atoms with van der Waals surface area (Å²) in [4.78, 5) is 32.0. The Kier molecular flexibility index (Phi) is 7.12. The first-order valence-electron chi connectivity index (χ1n) is 11.2. The number of nitriles is 1. The van der Waals surface area contributed by atoms with Crippen molar-refractivity contribution in [1.82, 2.24) is 9.97 Å². The number of allylic oxidation sites excluding steroid dienone is 1. The van der Waals surface area contributed by atoms with Crippen molar-refractivity contribution in [2.45, 2.75) is 13.8 Å². The second kappa shape index (κ2) is 10.6. The van der Waals surface area contributed by atoms with Crippen LogP contribution in [-0.2, 0) is 9.53 Å². The largest absolute Gasteiger partial charge is 0.484 e. The predicted octanol–water partition coefficient (Wildman–Crippen LogP) is 5.05. The molecule has 0 aliphatic carbocycles. The van der Waals surface area contributed by atoms with Crippen LogP contribution in [0.1, 0.15) is 32.9 Å². The second-order valence-electron chi connectivity index (χ2n) is 8.15. The van der Waals surface area contributed by atoms with Gasteiger partial charge >= 0.3 is 5.97 Å². The number of para-hydroxylation sites is 1. The van der Waals surface area contributed by atoms with Gasteiger partial charge in [0.25, 0.3) is 5.91 Å². The Morgan fingerprint density at radius 3 is 2.53 bits per heavy atom. The first-order valence-corrected chi connectivity index (χ1v) is 11.2. The van der Waals surface area contributed by atoms with Crippen LogP contribution in [0, 0.1) is 25.2 Å². The molecule has 36 heavy (non-hydrogen) atoms. The van der Waals surface area contributed by atoms with Gasteiger partial charge in [0.15, 0.2) is 6.61 Å². The Balaban J connectivity index is 1.42. The lowest BCUT2D eigenvalue weighted by molar-refractivity contribution is -0.118. The van der Waals surface area contributed by atoms with E-state index in [1.54, 1.807) is 54.6 Å². The smallest absolute Gasteiger partial charge is 0.339 e. The van der Waals surface area contributed by atoms with Gasteiger partial charge < -0.3 is 19.8 Å². The van der Waals surface area contributed by atoms with Crippen LogP contribution in [0.2, 0.25) is 0 Å². The first kappa shape index (κ1) is 24.2. The van der Waals surface area contributed by atoms with Crippen LogP contribution in [0.4, 0.5) is 5.69 Å². The third-order valence-electron chi connectivity index (χ3n) is 5.64. The van der Waals surface area contributed by atoms with E-state index in [1.165, 1.54) is 7.11 Å². The average molecular weight is 481 g/mol. The van der Waals surface area contributed by atoms with Crippen molar-refractivity contribution < 1.29 is 19.1 Å². The van der Waals surface area contributed by atoms with Gasteiger partial charge in [0.2, 0.25) is 0 Å². The highest BCUT2D eigenvalue weighted by molar-refractivity contribution is 6.01. The number of amides is 1. The van der Waals surface area contributed by atoms with Crippen LogP contribution in [0.3, 0.4) is 0 Å². The van der Waals surface area contributed by atoms with E-state index in [9.17, 15) is 14.9 Å². The number of esters is 1. The lowest BCUT2D eigenvalue weighted by atomic mass is 10.1. The molecule has 0 aliphatic rings. The number of carbonyl (C=O) groups excluding carboxylic acids is 2. The standard InChI is InChI=1S/C28H24N4O4/c1-17-12-24-25(13-18(17)2)32-27(31-24)20(15-29)14-19-8-10-21(11-9-19)36-16-26(33)30-23-7-5-4-6-22(23)28(34)35-3/h4-14H,16H2,1-3H3,(H,30,33)(H,31,32)/b20-14+. The maximum absolute atomic E-state index is 12.3. The quantitative estimate of drug-likeness (QED) is 0.282. The van der Waals surface area contributed by atoms with E-state index in [-0.39, 0.29) is 12.2 Å². The molecule has 0 saturated carbocycles. The molecule has 1 aromatic heterocycles. The molecular weight excluding hydrogens is 456 g/mol. The number of nitrogens with zero attached hydrogens (tertiary/aromatic N) is 2. The summed E-state index contributed by atoms with van der Waals surface area (Å²) in [7, 11) is 1.28. The SMILES string of the molecule is COC(=O)c1ccccc1NC(=O)COc1ccc(/C=C(\C#N)c2nc3cc(C)c(C)cc3[nH]2)cc1. The molecule has 0 saturated heterocycles. The monoisotopic (exact) mass is 480 g/mol. The summed E-state index contributed by atoms with van der Waals surface area (Å²) in [6, 6.07) is 19.8. The lowest BCUT2D eigenvalue weighted by Gasteiger charge is -2.10. The van der Waals surface area contributed by atoms with E-state index in [2.05, 4.69) is 21.4 Å². The Hall–Kier alpha value is -4.90. The van der Waals surface area contributed by atoms with E-state index in [4.69, 9.17) is 9.47 Å². The average Bonchev–Trinajstić information content (AvgIpc) is 3.29. The van der Waals surface area contributed by atoms with Crippen LogP contribution >= 0.6 is 0 Å². The number of aromatic nitrogens is 2. The molecule has 0 atom stereocenters. The molecule has 4 aromatic rings. The highest BCUT2D eigenvalue weighted by Crippen LogP contribution is 2.23. The number of hydrogen-bond acceptors (Lipinski definition) is 6. The molecule has 0 bridgehead atoms. The summed E-state index contributed by atoms with van der Waals surface area (Å²) < 4.78 is 10.3. The predicted molar refractivity (Wildman–Crippen MR) is 137 cm³/mol. The van der Waals surface area contributed by atoms with Gasteiger partial charge in [-0.1, -0.05) is 24.3 Å². The van der Waals surface area contributed by atoms with E-state index in [0.29, 0.717) is 22.8 Å². The molecule has 4 rings (SSSR count). The number of anilines is 1. The minimum atomic E-state index is -0.542. The number of hydrogen-bond donors (Lipinski definition) is 2. The number of carbonyl (C=O) groups is 2. The summed E-state index contributed by atoms with van der Waals surface area (Å²) in [6.07, 6.45) is 1.73. The number of ether oxygens (including phenoxy) is 2. The number of fused-ring (bicyclic) bond motifs is 1. The molecular formula is C28H24N4O4. The minimum Gasteiger partial charge on any atom is -0.484 e. The van der Waals surface area contributed by atoms with Crippen molar-refractivity contribution in [2.24, 2.45) is 0 Å². The number of nitrogens with one attached hydrogen (secondary N) is 2. The summed E-state index contributed by atoms with van der Waals surface area (Å²) >= 11 is 0. The molecule has 0 unspecified atom stereocenters. The first-order chi connectivity index (χ1) is 17.4. The Bertz CT molecular complexity index is 1470. The normalized spacial score (nSPS) is 11.1. The molecule has 8 nitrogen and oxygen atoms in total. The Morgan fingerprint density at radius 2 is 1.81 bits per heavy atom. The summed E-state index contributed by atoms with van der Waals surface area (Å²) in [5.41, 5.74) is 5.76. The maximum atomic E-state index is 12.3. The van der Waals surface area contributed by atoms with E-state index >= 15 is 0 Å². The molecule has 0 radical (unpaired) electrons. The topological polar surface area (TPSA) is 117 Å². The number of H-pyrrole nitrogens is 1. The van der Waals surface area contributed by atoms with E-state index in [0.717, 1.165) is 27.7 Å². The highest BCUT2D eigenvalue weighted by atomic mass is 16.5. The summed E-state index contributed by atoms with van der Waals surface area (Å²) in [5.74, 6) is 0.0241. The molecule has 0 aliphatic heterocycles. The fraction of sp³-hybridized carbons (Fsp3) is 0.143. The van der Waals surface area contributed by atoms with Gasteiger partial charge in [-0.15, -0.1) is 0 Å². The zero-order valence-electron chi connectivity index (χ0n) is 20.1. The van der Waals surface area contributed by atoms with Crippen LogP contribution < -0.4 is 10.1 Å². The van der Waals surface area contributed by atoms with Crippen LogP contribution in [0.25, 0.3) is 22.7 Å². The van der Waals surface area contributed by atoms with Gasteiger partial charge in [0, 0.05) is 0 Å². The van der Waals surface area contributed by atoms with Crippen LogP contribution in [0.15, 0.2) is 60.7 Å². The Morgan fingerprint density at radius 1 is 1.08 bits per heavy atom. The van der Waals surface area contributed by atoms with Crippen molar-refractivity contribution in [1.29, 1.82) is 5.26 Å². The van der Waals surface area contributed by atoms with E-state index < -0.39 is 11.9 Å². The fourth-order valence-electron chi connectivity index (χ4n) is 3.59. The molecule has 1 heterocycles. The fourth-order valence-corrected chi connectivity index (χ4v) is 3.59. The molecule has 2 N–H and O–H groups in total. The van der Waals surface area contributed by atoms with Crippen molar-refractivity contribution in [3.63, 3.8) is 0 Å². The highest BCUT2D eigenvalue weighted by Gasteiger charge is 2.14. The number of aryl methyl sites for hydroxylation is 2. The molecule has 0 spiro atoms. The van der Waals surface area contributed by atoms with E-state index in [1.807, 2.05) is 26.0 Å². The number of methoxy groups -OCH3 is 1. The van der Waals surface area contributed by atoms with Gasteiger partial charge in [-0.05, 0) is 73.0 Å². The number of imidazole rings is 1. The summed E-state index contributed by atoms with van der Waals surface area (Å²) in [5, 5.41) is 12.3. The van der Waals surface area contributed by atoms with Gasteiger partial charge in [0.05, 0.1) is 35.0 Å². The van der Waals surface area contributed by atoms with Gasteiger partial charge in [-0.2, -0.15) is 5.26 Å². The minimum absolute atomic E-state index is 0.244. The lowest BCUT2D eigenvalue weighted by Crippen LogP contribution is -2.21. The zero-order chi connectivity index (χ0) is 25.7. The van der Waals surface area contributed by atoms with Crippen LogP contribution in [0.5, 0.6) is 5.75 Å². The van der Waals surface area contributed by atoms with Gasteiger partial charge in [-0.3, -0.25) is 4.79 Å². The molecule has 1 amide bonds. The van der Waals surface area contributed by atoms with Crippen molar-refractivity contribution in [3.8, 4) is 11.8 Å². The third kappa shape index (κ3) is 5.42. The van der Waals surface area contributed by atoms with Gasteiger partial charge in [0.1, 0.15) is 17.6 Å². The second-order valence-corrected chi connectivity index (χ2v) is 8.15. The van der Waals surface area contributed by atoms with Crippen LogP contribution in [-0.4, -0.2) is 35.6 Å². The molecule has 8 heteroatoms. The van der Waals surface area contributed by atoms with Gasteiger partial charge in [-0.25, -0.2) is 9.78 Å². The number of aromatic amines is 1.